The fourth-order valence-electron chi connectivity index (χ4n) is 4.30. The van der Waals surface area contributed by atoms with E-state index >= 15 is 0 Å². The van der Waals surface area contributed by atoms with Crippen LogP contribution in [0.15, 0.2) is 66.4 Å². The maximum atomic E-state index is 13.3. The van der Waals surface area contributed by atoms with Gasteiger partial charge in [-0.3, -0.25) is 19.5 Å². The zero-order valence-corrected chi connectivity index (χ0v) is 19.4. The summed E-state index contributed by atoms with van der Waals surface area (Å²) in [5.74, 6) is -1.11. The molecule has 2 aliphatic heterocycles. The molecule has 0 radical (unpaired) electrons. The lowest BCUT2D eigenvalue weighted by atomic mass is 9.97. The predicted molar refractivity (Wildman–Crippen MR) is 130 cm³/mol. The predicted octanol–water partition coefficient (Wildman–Crippen LogP) is 4.50. The molecule has 1 aromatic heterocycles. The molecule has 1 atom stereocenters. The number of Topliss-reactive ketones (excluding diaryl/α,β-unsaturated/α-hetero) is 1. The molecule has 0 saturated carbocycles. The SMILES string of the molecule is Cc1ccc(N2C(=O)C(=O)/C(=C(\O)c3ccc4c(c3)N(C)CCO4)C2c2ccccn2)cc1Cl. The summed E-state index contributed by atoms with van der Waals surface area (Å²) in [6, 6.07) is 14.7. The van der Waals surface area contributed by atoms with Crippen molar-refractivity contribution < 1.29 is 19.4 Å². The van der Waals surface area contributed by atoms with Gasteiger partial charge in [0.2, 0.25) is 0 Å². The second-order valence-corrected chi connectivity index (χ2v) is 8.72. The number of carbonyl (C=O) groups is 2. The van der Waals surface area contributed by atoms with E-state index in [4.69, 9.17) is 16.3 Å². The number of rotatable bonds is 3. The van der Waals surface area contributed by atoms with Crippen LogP contribution in [0.5, 0.6) is 5.75 Å². The lowest BCUT2D eigenvalue weighted by Gasteiger charge is -2.28. The van der Waals surface area contributed by atoms with Crippen LogP contribution in [0.3, 0.4) is 0 Å². The van der Waals surface area contributed by atoms with Crippen LogP contribution in [-0.2, 0) is 9.59 Å². The Morgan fingerprint density at radius 3 is 2.71 bits per heavy atom. The van der Waals surface area contributed by atoms with E-state index in [9.17, 15) is 14.7 Å². The summed E-state index contributed by atoms with van der Waals surface area (Å²) in [5, 5.41) is 11.8. The Hall–Kier alpha value is -3.84. The number of nitrogens with zero attached hydrogens (tertiary/aromatic N) is 3. The third-order valence-electron chi connectivity index (χ3n) is 6.17. The summed E-state index contributed by atoms with van der Waals surface area (Å²) >= 11 is 6.33. The maximum Gasteiger partial charge on any atom is 0.300 e. The number of halogens is 1. The zero-order chi connectivity index (χ0) is 24.0. The first-order chi connectivity index (χ1) is 16.4. The summed E-state index contributed by atoms with van der Waals surface area (Å²) in [5.41, 5.74) is 2.93. The molecule has 2 aromatic carbocycles. The van der Waals surface area contributed by atoms with Gasteiger partial charge in [0.05, 0.1) is 23.5 Å². The van der Waals surface area contributed by atoms with Gasteiger partial charge in [-0.25, -0.2) is 0 Å². The van der Waals surface area contributed by atoms with E-state index < -0.39 is 17.7 Å². The fourth-order valence-corrected chi connectivity index (χ4v) is 4.48. The van der Waals surface area contributed by atoms with E-state index in [1.54, 1.807) is 60.8 Å². The standard InChI is InChI=1S/C26H22ClN3O4/c1-15-6-8-17(14-18(15)27)30-23(19-5-3-4-10-28-19)22(25(32)26(30)33)24(31)16-7-9-21-20(13-16)29(2)11-12-34-21/h3-10,13-14,23,31H,11-12H2,1-2H3/b24-22-. The van der Waals surface area contributed by atoms with Gasteiger partial charge in [0.15, 0.2) is 0 Å². The third-order valence-corrected chi connectivity index (χ3v) is 6.58. The number of likely N-dealkylation sites (N-methyl/N-ethyl adjacent to an activating group) is 1. The Labute approximate surface area is 201 Å². The number of aliphatic hydroxyl groups excluding tert-OH is 1. The molecule has 2 aliphatic rings. The minimum absolute atomic E-state index is 0.0280. The van der Waals surface area contributed by atoms with Gasteiger partial charge in [0.1, 0.15) is 24.2 Å². The number of ketones is 1. The van der Waals surface area contributed by atoms with E-state index in [-0.39, 0.29) is 11.3 Å². The number of hydrogen-bond acceptors (Lipinski definition) is 6. The molecule has 0 aliphatic carbocycles. The van der Waals surface area contributed by atoms with Crippen molar-refractivity contribution in [1.82, 2.24) is 4.98 Å². The summed E-state index contributed by atoms with van der Waals surface area (Å²) in [6.07, 6.45) is 1.59. The molecule has 5 rings (SSSR count). The highest BCUT2D eigenvalue weighted by atomic mass is 35.5. The molecule has 3 aromatic rings. The number of anilines is 2. The Bertz CT molecular complexity index is 1340. The van der Waals surface area contributed by atoms with E-state index in [2.05, 4.69) is 4.98 Å². The summed E-state index contributed by atoms with van der Waals surface area (Å²) < 4.78 is 5.69. The van der Waals surface area contributed by atoms with Gasteiger partial charge in [-0.15, -0.1) is 0 Å². The Morgan fingerprint density at radius 1 is 1.15 bits per heavy atom. The molecule has 1 unspecified atom stereocenters. The Morgan fingerprint density at radius 2 is 1.97 bits per heavy atom. The molecule has 1 N–H and O–H groups in total. The smallest absolute Gasteiger partial charge is 0.300 e. The second kappa shape index (κ2) is 8.50. The molecule has 7 nitrogen and oxygen atoms in total. The normalized spacial score (nSPS) is 19.2. The third kappa shape index (κ3) is 3.58. The first kappa shape index (κ1) is 22.0. The Balaban J connectivity index is 1.69. The molecule has 34 heavy (non-hydrogen) atoms. The highest BCUT2D eigenvalue weighted by Gasteiger charge is 2.47. The average Bonchev–Trinajstić information content (AvgIpc) is 3.11. The van der Waals surface area contributed by atoms with E-state index in [1.165, 1.54) is 4.90 Å². The van der Waals surface area contributed by atoms with E-state index in [0.29, 0.717) is 40.9 Å². The minimum Gasteiger partial charge on any atom is -0.507 e. The summed E-state index contributed by atoms with van der Waals surface area (Å²) in [4.78, 5) is 34.3. The zero-order valence-electron chi connectivity index (χ0n) is 18.7. The first-order valence-corrected chi connectivity index (χ1v) is 11.2. The topological polar surface area (TPSA) is 83.0 Å². The van der Waals surface area contributed by atoms with Crippen LogP contribution in [-0.4, -0.2) is 42.0 Å². The van der Waals surface area contributed by atoms with Gasteiger partial charge in [0.25, 0.3) is 11.7 Å². The molecule has 1 saturated heterocycles. The van der Waals surface area contributed by atoms with Gasteiger partial charge in [0, 0.05) is 29.5 Å². The molecule has 172 valence electrons. The number of carbonyl (C=O) groups excluding carboxylic acids is 2. The number of pyridine rings is 1. The van der Waals surface area contributed by atoms with Gasteiger partial charge in [-0.1, -0.05) is 23.7 Å². The van der Waals surface area contributed by atoms with Crippen molar-refractivity contribution in [2.75, 3.05) is 30.0 Å². The molecule has 3 heterocycles. The molecule has 0 spiro atoms. The van der Waals surface area contributed by atoms with Crippen LogP contribution in [0.2, 0.25) is 5.02 Å². The largest absolute Gasteiger partial charge is 0.507 e. The number of aryl methyl sites for hydroxylation is 1. The van der Waals surface area contributed by atoms with Gasteiger partial charge in [-0.2, -0.15) is 0 Å². The van der Waals surface area contributed by atoms with E-state index in [0.717, 1.165) is 11.3 Å². The first-order valence-electron chi connectivity index (χ1n) is 10.8. The van der Waals surface area contributed by atoms with E-state index in [1.807, 2.05) is 18.9 Å². The van der Waals surface area contributed by atoms with Crippen molar-refractivity contribution in [2.24, 2.45) is 0 Å². The quantitative estimate of drug-likeness (QED) is 0.341. The molecular formula is C26H22ClN3O4. The van der Waals surface area contributed by atoms with Gasteiger partial charge in [-0.05, 0) is 55.0 Å². The fraction of sp³-hybridized carbons (Fsp3) is 0.192. The highest BCUT2D eigenvalue weighted by Crippen LogP contribution is 2.43. The van der Waals surface area contributed by atoms with Crippen LogP contribution < -0.4 is 14.5 Å². The lowest BCUT2D eigenvalue weighted by molar-refractivity contribution is -0.132. The lowest BCUT2D eigenvalue weighted by Crippen LogP contribution is -2.29. The molecule has 0 bridgehead atoms. The van der Waals surface area contributed by atoms with Crippen LogP contribution >= 0.6 is 11.6 Å². The molecule has 8 heteroatoms. The average molecular weight is 476 g/mol. The van der Waals surface area contributed by atoms with Crippen LogP contribution in [0.1, 0.15) is 22.9 Å². The molecule has 1 amide bonds. The molecule has 1 fully saturated rings. The van der Waals surface area contributed by atoms with Crippen LogP contribution in [0.4, 0.5) is 11.4 Å². The number of benzene rings is 2. The van der Waals surface area contributed by atoms with Crippen molar-refractivity contribution in [3.63, 3.8) is 0 Å². The highest BCUT2D eigenvalue weighted by molar-refractivity contribution is 6.51. The maximum absolute atomic E-state index is 13.3. The van der Waals surface area contributed by atoms with Crippen molar-refractivity contribution in [3.8, 4) is 5.75 Å². The Kier molecular flexibility index (Phi) is 5.49. The van der Waals surface area contributed by atoms with Crippen molar-refractivity contribution in [3.05, 3.63) is 88.2 Å². The van der Waals surface area contributed by atoms with Crippen molar-refractivity contribution in [2.45, 2.75) is 13.0 Å². The number of aromatic nitrogens is 1. The van der Waals surface area contributed by atoms with Crippen LogP contribution in [0.25, 0.3) is 5.76 Å². The minimum atomic E-state index is -0.912. The van der Waals surface area contributed by atoms with Crippen LogP contribution in [0, 0.1) is 6.92 Å². The number of hydrogen-bond donors (Lipinski definition) is 1. The second-order valence-electron chi connectivity index (χ2n) is 8.31. The molecular weight excluding hydrogens is 454 g/mol. The van der Waals surface area contributed by atoms with Crippen molar-refractivity contribution >= 4 is 40.4 Å². The summed E-state index contributed by atoms with van der Waals surface area (Å²) in [7, 11) is 1.93. The number of aliphatic hydroxyl groups is 1. The van der Waals surface area contributed by atoms with Crippen molar-refractivity contribution in [1.29, 1.82) is 0 Å². The monoisotopic (exact) mass is 475 g/mol. The number of amides is 1. The van der Waals surface area contributed by atoms with Gasteiger partial charge >= 0.3 is 0 Å². The number of fused-ring (bicyclic) bond motifs is 1. The summed E-state index contributed by atoms with van der Waals surface area (Å²) in [6.45, 7) is 3.12. The number of ether oxygens (including phenoxy) is 1. The van der Waals surface area contributed by atoms with Gasteiger partial charge < -0.3 is 14.7 Å².